The number of benzene rings is 1. The standard InChI is InChI=1S/C19H27BrN2O2/c1-4-22(5-2)19(24)15-8-6-14(7-9-15)18(23)21-16-10-11-17(20)13(3)12-16/h10-12,14-15H,4-9H2,1-3H3,(H,21,23). The van der Waals surface area contributed by atoms with E-state index in [2.05, 4.69) is 21.2 Å². The van der Waals surface area contributed by atoms with Crippen LogP contribution in [-0.4, -0.2) is 29.8 Å². The first-order valence-electron chi connectivity index (χ1n) is 8.82. The maximum absolute atomic E-state index is 12.5. The fourth-order valence-electron chi connectivity index (χ4n) is 3.36. The van der Waals surface area contributed by atoms with Crippen LogP contribution >= 0.6 is 15.9 Å². The lowest BCUT2D eigenvalue weighted by Crippen LogP contribution is -2.38. The van der Waals surface area contributed by atoms with Gasteiger partial charge in [-0.3, -0.25) is 9.59 Å². The van der Waals surface area contributed by atoms with Gasteiger partial charge in [-0.25, -0.2) is 0 Å². The maximum atomic E-state index is 12.5. The Kier molecular flexibility index (Phi) is 6.84. The number of anilines is 1. The predicted molar refractivity (Wildman–Crippen MR) is 101 cm³/mol. The summed E-state index contributed by atoms with van der Waals surface area (Å²) in [6.07, 6.45) is 3.21. The molecule has 1 aliphatic carbocycles. The van der Waals surface area contributed by atoms with Gasteiger partial charge in [-0.05, 0) is 70.2 Å². The van der Waals surface area contributed by atoms with Crippen LogP contribution in [-0.2, 0) is 9.59 Å². The molecule has 1 aliphatic rings. The zero-order valence-corrected chi connectivity index (χ0v) is 16.4. The largest absolute Gasteiger partial charge is 0.343 e. The van der Waals surface area contributed by atoms with Crippen LogP contribution < -0.4 is 5.32 Å². The van der Waals surface area contributed by atoms with Gasteiger partial charge in [0.15, 0.2) is 0 Å². The van der Waals surface area contributed by atoms with Crippen LogP contribution in [0.15, 0.2) is 22.7 Å². The molecule has 0 radical (unpaired) electrons. The van der Waals surface area contributed by atoms with Crippen molar-refractivity contribution in [2.24, 2.45) is 11.8 Å². The van der Waals surface area contributed by atoms with E-state index in [9.17, 15) is 9.59 Å². The maximum Gasteiger partial charge on any atom is 0.227 e. The molecule has 132 valence electrons. The Morgan fingerprint density at radius 1 is 1.12 bits per heavy atom. The van der Waals surface area contributed by atoms with Crippen LogP contribution in [0.5, 0.6) is 0 Å². The van der Waals surface area contributed by atoms with Crippen molar-refractivity contribution < 1.29 is 9.59 Å². The fraction of sp³-hybridized carbons (Fsp3) is 0.579. The van der Waals surface area contributed by atoms with Gasteiger partial charge in [0, 0.05) is 35.1 Å². The Morgan fingerprint density at radius 2 is 1.71 bits per heavy atom. The molecule has 1 aromatic rings. The van der Waals surface area contributed by atoms with Gasteiger partial charge < -0.3 is 10.2 Å². The highest BCUT2D eigenvalue weighted by Gasteiger charge is 2.31. The first kappa shape index (κ1) is 19.0. The topological polar surface area (TPSA) is 49.4 Å². The number of carbonyl (C=O) groups is 2. The summed E-state index contributed by atoms with van der Waals surface area (Å²) >= 11 is 3.47. The van der Waals surface area contributed by atoms with Crippen LogP contribution in [0.4, 0.5) is 5.69 Å². The monoisotopic (exact) mass is 394 g/mol. The Morgan fingerprint density at radius 3 is 2.25 bits per heavy atom. The molecule has 0 bridgehead atoms. The van der Waals surface area contributed by atoms with Gasteiger partial charge in [-0.2, -0.15) is 0 Å². The second-order valence-electron chi connectivity index (χ2n) is 6.51. The Hall–Kier alpha value is -1.36. The highest BCUT2D eigenvalue weighted by Crippen LogP contribution is 2.31. The number of hydrogen-bond donors (Lipinski definition) is 1. The highest BCUT2D eigenvalue weighted by atomic mass is 79.9. The summed E-state index contributed by atoms with van der Waals surface area (Å²) in [7, 11) is 0. The molecule has 0 aromatic heterocycles. The Balaban J connectivity index is 1.88. The van der Waals surface area contributed by atoms with Crippen molar-refractivity contribution in [1.29, 1.82) is 0 Å². The summed E-state index contributed by atoms with van der Waals surface area (Å²) in [6, 6.07) is 5.83. The van der Waals surface area contributed by atoms with E-state index in [0.29, 0.717) is 0 Å². The van der Waals surface area contributed by atoms with Gasteiger partial charge in [0.2, 0.25) is 11.8 Å². The Labute approximate surface area is 153 Å². The first-order chi connectivity index (χ1) is 11.5. The number of aryl methyl sites for hydroxylation is 1. The third-order valence-corrected chi connectivity index (χ3v) is 5.84. The second-order valence-corrected chi connectivity index (χ2v) is 7.37. The molecule has 0 atom stereocenters. The molecule has 24 heavy (non-hydrogen) atoms. The molecular formula is C19H27BrN2O2. The molecule has 0 aliphatic heterocycles. The van der Waals surface area contributed by atoms with Crippen molar-refractivity contribution >= 4 is 33.4 Å². The molecule has 1 aromatic carbocycles. The van der Waals surface area contributed by atoms with Crippen molar-refractivity contribution in [3.63, 3.8) is 0 Å². The lowest BCUT2D eigenvalue weighted by atomic mass is 9.81. The van der Waals surface area contributed by atoms with Crippen molar-refractivity contribution in [2.45, 2.75) is 46.5 Å². The van der Waals surface area contributed by atoms with Gasteiger partial charge >= 0.3 is 0 Å². The number of hydrogen-bond acceptors (Lipinski definition) is 2. The van der Waals surface area contributed by atoms with Crippen LogP contribution in [0, 0.1) is 18.8 Å². The van der Waals surface area contributed by atoms with E-state index < -0.39 is 0 Å². The van der Waals surface area contributed by atoms with Crippen molar-refractivity contribution in [1.82, 2.24) is 4.90 Å². The average molecular weight is 395 g/mol. The summed E-state index contributed by atoms with van der Waals surface area (Å²) in [6.45, 7) is 7.56. The van der Waals surface area contributed by atoms with Crippen LogP contribution in [0.1, 0.15) is 45.1 Å². The Bertz CT molecular complexity index is 591. The molecule has 1 fully saturated rings. The fourth-order valence-corrected chi connectivity index (χ4v) is 3.61. The van der Waals surface area contributed by atoms with E-state index in [1.807, 2.05) is 43.9 Å². The van der Waals surface area contributed by atoms with E-state index in [1.54, 1.807) is 0 Å². The number of amides is 2. The number of nitrogens with zero attached hydrogens (tertiary/aromatic N) is 1. The van der Waals surface area contributed by atoms with Crippen molar-refractivity contribution in [3.05, 3.63) is 28.2 Å². The summed E-state index contributed by atoms with van der Waals surface area (Å²) in [5, 5.41) is 3.01. The zero-order valence-electron chi connectivity index (χ0n) is 14.8. The molecule has 5 heteroatoms. The zero-order chi connectivity index (χ0) is 17.7. The average Bonchev–Trinajstić information content (AvgIpc) is 2.59. The van der Waals surface area contributed by atoms with Crippen LogP contribution in [0.3, 0.4) is 0 Å². The van der Waals surface area contributed by atoms with E-state index >= 15 is 0 Å². The molecule has 2 rings (SSSR count). The van der Waals surface area contributed by atoms with Gasteiger partial charge in [0.05, 0.1) is 0 Å². The second kappa shape index (κ2) is 8.65. The third kappa shape index (κ3) is 4.59. The first-order valence-corrected chi connectivity index (χ1v) is 9.61. The molecule has 4 nitrogen and oxygen atoms in total. The molecule has 1 saturated carbocycles. The summed E-state index contributed by atoms with van der Waals surface area (Å²) in [5.74, 6) is 0.423. The summed E-state index contributed by atoms with van der Waals surface area (Å²) < 4.78 is 1.04. The lowest BCUT2D eigenvalue weighted by molar-refractivity contribution is -0.137. The molecule has 0 saturated heterocycles. The molecule has 2 amide bonds. The van der Waals surface area contributed by atoms with Crippen molar-refractivity contribution in [3.8, 4) is 0 Å². The third-order valence-electron chi connectivity index (χ3n) is 4.95. The smallest absolute Gasteiger partial charge is 0.227 e. The number of carbonyl (C=O) groups excluding carboxylic acids is 2. The van der Waals surface area contributed by atoms with Crippen molar-refractivity contribution in [2.75, 3.05) is 18.4 Å². The molecule has 0 unspecified atom stereocenters. The SMILES string of the molecule is CCN(CC)C(=O)C1CCC(C(=O)Nc2ccc(Br)c(C)c2)CC1. The van der Waals surface area contributed by atoms with Gasteiger partial charge in [-0.1, -0.05) is 15.9 Å². The molecule has 0 spiro atoms. The minimum Gasteiger partial charge on any atom is -0.343 e. The van der Waals surface area contributed by atoms with E-state index in [0.717, 1.165) is 54.5 Å². The van der Waals surface area contributed by atoms with E-state index in [-0.39, 0.29) is 23.7 Å². The summed E-state index contributed by atoms with van der Waals surface area (Å²) in [4.78, 5) is 26.8. The molecule has 1 N–H and O–H groups in total. The number of rotatable bonds is 5. The predicted octanol–water partition coefficient (Wildman–Crippen LogP) is 4.37. The summed E-state index contributed by atoms with van der Waals surface area (Å²) in [5.41, 5.74) is 1.93. The van der Waals surface area contributed by atoms with Gasteiger partial charge in [-0.15, -0.1) is 0 Å². The van der Waals surface area contributed by atoms with Gasteiger partial charge in [0.25, 0.3) is 0 Å². The van der Waals surface area contributed by atoms with Crippen LogP contribution in [0.2, 0.25) is 0 Å². The number of halogens is 1. The minimum absolute atomic E-state index is 0.00899. The quantitative estimate of drug-likeness (QED) is 0.805. The van der Waals surface area contributed by atoms with Gasteiger partial charge in [0.1, 0.15) is 0 Å². The molecular weight excluding hydrogens is 368 g/mol. The lowest BCUT2D eigenvalue weighted by Gasteiger charge is -2.30. The number of nitrogens with one attached hydrogen (secondary N) is 1. The van der Waals surface area contributed by atoms with E-state index in [1.165, 1.54) is 0 Å². The minimum atomic E-state index is 0.00899. The van der Waals surface area contributed by atoms with E-state index in [4.69, 9.17) is 0 Å². The van der Waals surface area contributed by atoms with Crippen LogP contribution in [0.25, 0.3) is 0 Å². The highest BCUT2D eigenvalue weighted by molar-refractivity contribution is 9.10. The normalized spacial score (nSPS) is 20.5. The molecule has 0 heterocycles.